The zero-order valence-corrected chi connectivity index (χ0v) is 18.3. The highest BCUT2D eigenvalue weighted by Gasteiger charge is 2.26. The summed E-state index contributed by atoms with van der Waals surface area (Å²) in [4.78, 5) is 27.6. The summed E-state index contributed by atoms with van der Waals surface area (Å²) in [6.07, 6.45) is 0.774. The van der Waals surface area contributed by atoms with E-state index in [4.69, 9.17) is 11.6 Å². The maximum Gasteiger partial charge on any atom is 0.251 e. The van der Waals surface area contributed by atoms with Crippen LogP contribution in [0.1, 0.15) is 41.8 Å². The summed E-state index contributed by atoms with van der Waals surface area (Å²) in [5.41, 5.74) is 2.72. The third kappa shape index (κ3) is 6.87. The van der Waals surface area contributed by atoms with Gasteiger partial charge in [0.1, 0.15) is 6.04 Å². The van der Waals surface area contributed by atoms with Crippen LogP contribution in [0.2, 0.25) is 5.02 Å². The van der Waals surface area contributed by atoms with E-state index in [9.17, 15) is 9.59 Å². The van der Waals surface area contributed by atoms with E-state index in [-0.39, 0.29) is 17.7 Å². The number of hydrogen-bond donors (Lipinski definition) is 2. The number of rotatable bonds is 9. The van der Waals surface area contributed by atoms with Crippen LogP contribution in [0.3, 0.4) is 0 Å². The molecule has 2 aromatic rings. The van der Waals surface area contributed by atoms with Gasteiger partial charge in [-0.15, -0.1) is 0 Å². The Kier molecular flexibility index (Phi) is 8.68. The van der Waals surface area contributed by atoms with Crippen LogP contribution in [-0.2, 0) is 17.9 Å². The minimum atomic E-state index is -0.607. The van der Waals surface area contributed by atoms with Gasteiger partial charge < -0.3 is 15.5 Å². The normalized spacial score (nSPS) is 13.0. The van der Waals surface area contributed by atoms with Gasteiger partial charge in [0.05, 0.1) is 0 Å². The first-order valence-electron chi connectivity index (χ1n) is 9.87. The molecule has 0 spiro atoms. The van der Waals surface area contributed by atoms with Gasteiger partial charge >= 0.3 is 0 Å². The van der Waals surface area contributed by atoms with Gasteiger partial charge in [0.25, 0.3) is 5.91 Å². The summed E-state index contributed by atoms with van der Waals surface area (Å²) in [5.74, 6) is -0.459. The van der Waals surface area contributed by atoms with E-state index in [1.54, 1.807) is 24.3 Å². The molecule has 0 saturated heterocycles. The molecule has 6 heteroatoms. The molecule has 5 nitrogen and oxygen atoms in total. The predicted octanol–water partition coefficient (Wildman–Crippen LogP) is 3.86. The van der Waals surface area contributed by atoms with Crippen LogP contribution in [-0.4, -0.2) is 36.9 Å². The van der Waals surface area contributed by atoms with Crippen LogP contribution >= 0.6 is 11.6 Å². The number of nitrogens with zero attached hydrogens (tertiary/aromatic N) is 1. The van der Waals surface area contributed by atoms with Crippen molar-refractivity contribution in [1.29, 1.82) is 0 Å². The summed E-state index contributed by atoms with van der Waals surface area (Å²) in [7, 11) is 4.03. The average molecular weight is 416 g/mol. The standard InChI is InChI=1S/C23H30ClN3O2/c1-5-16(2)21(26-22(28)17-10-12-20(24)13-11-17)23(29)25-14-18-8-6-7-9-19(18)15-27(3)4/h6-13,16,21H,5,14-15H2,1-4H3,(H,25,29)(H,26,28). The summed E-state index contributed by atoms with van der Waals surface area (Å²) in [6, 6.07) is 14.1. The molecule has 2 aromatic carbocycles. The van der Waals surface area contributed by atoms with Crippen LogP contribution in [0.15, 0.2) is 48.5 Å². The van der Waals surface area contributed by atoms with Crippen molar-refractivity contribution in [3.8, 4) is 0 Å². The van der Waals surface area contributed by atoms with Crippen molar-refractivity contribution in [2.24, 2.45) is 5.92 Å². The first-order valence-corrected chi connectivity index (χ1v) is 10.2. The number of hydrogen-bond acceptors (Lipinski definition) is 3. The lowest BCUT2D eigenvalue weighted by Crippen LogP contribution is -2.50. The van der Waals surface area contributed by atoms with Gasteiger partial charge in [0.15, 0.2) is 0 Å². The van der Waals surface area contributed by atoms with Gasteiger partial charge in [0, 0.05) is 23.7 Å². The SMILES string of the molecule is CCC(C)C(NC(=O)c1ccc(Cl)cc1)C(=O)NCc1ccccc1CN(C)C. The van der Waals surface area contributed by atoms with Gasteiger partial charge in [-0.25, -0.2) is 0 Å². The van der Waals surface area contributed by atoms with E-state index in [0.717, 1.165) is 18.5 Å². The monoisotopic (exact) mass is 415 g/mol. The zero-order chi connectivity index (χ0) is 21.4. The Morgan fingerprint density at radius 2 is 1.66 bits per heavy atom. The van der Waals surface area contributed by atoms with E-state index in [2.05, 4.69) is 21.6 Å². The summed E-state index contributed by atoms with van der Waals surface area (Å²) < 4.78 is 0. The Labute approximate surface area is 178 Å². The van der Waals surface area contributed by atoms with Crippen molar-refractivity contribution in [3.63, 3.8) is 0 Å². The molecule has 0 fully saturated rings. The Morgan fingerprint density at radius 3 is 2.24 bits per heavy atom. The fourth-order valence-electron chi connectivity index (χ4n) is 3.04. The van der Waals surface area contributed by atoms with Crippen LogP contribution in [0.25, 0.3) is 0 Å². The fraction of sp³-hybridized carbons (Fsp3) is 0.391. The highest BCUT2D eigenvalue weighted by atomic mass is 35.5. The number of amides is 2. The average Bonchev–Trinajstić information content (AvgIpc) is 2.70. The van der Waals surface area contributed by atoms with Crippen LogP contribution in [0.4, 0.5) is 0 Å². The molecule has 0 aromatic heterocycles. The summed E-state index contributed by atoms with van der Waals surface area (Å²) in [5, 5.41) is 6.45. The van der Waals surface area contributed by atoms with Gasteiger partial charge in [-0.2, -0.15) is 0 Å². The van der Waals surface area contributed by atoms with E-state index in [1.807, 2.05) is 46.1 Å². The van der Waals surface area contributed by atoms with Crippen LogP contribution in [0.5, 0.6) is 0 Å². The molecular weight excluding hydrogens is 386 g/mol. The second-order valence-electron chi connectivity index (χ2n) is 7.57. The zero-order valence-electron chi connectivity index (χ0n) is 17.5. The third-order valence-electron chi connectivity index (χ3n) is 4.95. The van der Waals surface area contributed by atoms with Gasteiger partial charge in [0.2, 0.25) is 5.91 Å². The van der Waals surface area contributed by atoms with Crippen molar-refractivity contribution in [3.05, 3.63) is 70.2 Å². The molecule has 0 heterocycles. The maximum atomic E-state index is 12.9. The van der Waals surface area contributed by atoms with Crippen molar-refractivity contribution in [1.82, 2.24) is 15.5 Å². The number of nitrogens with one attached hydrogen (secondary N) is 2. The molecule has 0 aliphatic carbocycles. The minimum Gasteiger partial charge on any atom is -0.350 e. The van der Waals surface area contributed by atoms with Crippen molar-refractivity contribution >= 4 is 23.4 Å². The Hall–Kier alpha value is -2.37. The maximum absolute atomic E-state index is 12.9. The van der Waals surface area contributed by atoms with E-state index >= 15 is 0 Å². The Balaban J connectivity index is 2.07. The molecule has 0 aliphatic heterocycles. The van der Waals surface area contributed by atoms with Crippen LogP contribution in [0, 0.1) is 5.92 Å². The molecule has 2 rings (SSSR count). The van der Waals surface area contributed by atoms with Crippen LogP contribution < -0.4 is 10.6 Å². The molecule has 2 N–H and O–H groups in total. The lowest BCUT2D eigenvalue weighted by Gasteiger charge is -2.24. The number of carbonyl (C=O) groups excluding carboxylic acids is 2. The van der Waals surface area contributed by atoms with Crippen molar-refractivity contribution < 1.29 is 9.59 Å². The van der Waals surface area contributed by atoms with Gasteiger partial charge in [-0.1, -0.05) is 56.1 Å². The molecule has 2 amide bonds. The molecule has 156 valence electrons. The first kappa shape index (κ1) is 22.9. The molecule has 2 atom stereocenters. The fourth-order valence-corrected chi connectivity index (χ4v) is 3.17. The van der Waals surface area contributed by atoms with E-state index < -0.39 is 6.04 Å². The highest BCUT2D eigenvalue weighted by molar-refractivity contribution is 6.30. The molecule has 0 aliphatic rings. The lowest BCUT2D eigenvalue weighted by molar-refractivity contribution is -0.124. The second kappa shape index (κ2) is 11.0. The molecular formula is C23H30ClN3O2. The first-order chi connectivity index (χ1) is 13.8. The Bertz CT molecular complexity index is 821. The number of carbonyl (C=O) groups is 2. The molecule has 29 heavy (non-hydrogen) atoms. The number of benzene rings is 2. The summed E-state index contributed by atoms with van der Waals surface area (Å²) in [6.45, 7) is 5.19. The van der Waals surface area contributed by atoms with Crippen molar-refractivity contribution in [2.75, 3.05) is 14.1 Å². The van der Waals surface area contributed by atoms with E-state index in [1.165, 1.54) is 5.56 Å². The topological polar surface area (TPSA) is 61.4 Å². The lowest BCUT2D eigenvalue weighted by atomic mass is 9.97. The number of halogens is 1. The van der Waals surface area contributed by atoms with Gasteiger partial charge in [-0.05, 0) is 55.4 Å². The predicted molar refractivity (Wildman–Crippen MR) is 118 cm³/mol. The summed E-state index contributed by atoms with van der Waals surface area (Å²) >= 11 is 5.89. The quantitative estimate of drug-likeness (QED) is 0.653. The third-order valence-corrected chi connectivity index (χ3v) is 5.20. The smallest absolute Gasteiger partial charge is 0.251 e. The molecule has 2 unspecified atom stereocenters. The second-order valence-corrected chi connectivity index (χ2v) is 8.00. The van der Waals surface area contributed by atoms with E-state index in [0.29, 0.717) is 17.1 Å². The Morgan fingerprint density at radius 1 is 1.03 bits per heavy atom. The largest absolute Gasteiger partial charge is 0.350 e. The van der Waals surface area contributed by atoms with Crippen molar-refractivity contribution in [2.45, 2.75) is 39.4 Å². The van der Waals surface area contributed by atoms with Gasteiger partial charge in [-0.3, -0.25) is 9.59 Å². The molecule has 0 saturated carbocycles. The molecule has 0 bridgehead atoms. The molecule has 0 radical (unpaired) electrons. The minimum absolute atomic E-state index is 0.00303. The highest BCUT2D eigenvalue weighted by Crippen LogP contribution is 2.14.